The normalized spacial score (nSPS) is 23.0. The minimum Gasteiger partial charge on any atom is -0.495 e. The molecule has 7 heteroatoms. The maximum atomic E-state index is 12.5. The van der Waals surface area contributed by atoms with E-state index in [1.807, 2.05) is 0 Å². The van der Waals surface area contributed by atoms with Gasteiger partial charge in [0.1, 0.15) is 10.6 Å². The number of methoxy groups -OCH3 is 1. The van der Waals surface area contributed by atoms with Crippen LogP contribution in [0, 0.1) is 6.92 Å². The second kappa shape index (κ2) is 6.21. The first kappa shape index (κ1) is 16.1. The van der Waals surface area contributed by atoms with E-state index >= 15 is 0 Å². The van der Waals surface area contributed by atoms with Crippen molar-refractivity contribution in [2.45, 2.75) is 49.6 Å². The van der Waals surface area contributed by atoms with E-state index in [9.17, 15) is 13.5 Å². The van der Waals surface area contributed by atoms with E-state index in [4.69, 9.17) is 10.5 Å². The van der Waals surface area contributed by atoms with Crippen LogP contribution in [0.15, 0.2) is 17.0 Å². The molecule has 0 bridgehead atoms. The molecule has 1 aromatic rings. The summed E-state index contributed by atoms with van der Waals surface area (Å²) in [4.78, 5) is 0.00544. The smallest absolute Gasteiger partial charge is 0.244 e. The molecular weight excluding hydrogens is 292 g/mol. The van der Waals surface area contributed by atoms with Crippen LogP contribution in [0.25, 0.3) is 0 Å². The molecule has 1 aliphatic rings. The van der Waals surface area contributed by atoms with Crippen LogP contribution in [0.1, 0.15) is 31.2 Å². The summed E-state index contributed by atoms with van der Waals surface area (Å²) in [5.74, 6) is 0.250. The average molecular weight is 314 g/mol. The molecule has 0 aromatic heterocycles. The number of sulfonamides is 1. The fourth-order valence-corrected chi connectivity index (χ4v) is 4.05. The van der Waals surface area contributed by atoms with Crippen molar-refractivity contribution < 1.29 is 18.3 Å². The molecule has 21 heavy (non-hydrogen) atoms. The molecule has 0 radical (unpaired) electrons. The van der Waals surface area contributed by atoms with E-state index in [0.29, 0.717) is 18.5 Å². The number of aliphatic hydroxyl groups excluding tert-OH is 1. The summed E-state index contributed by atoms with van der Waals surface area (Å²) in [6.45, 7) is 1.78. The quantitative estimate of drug-likeness (QED) is 0.724. The van der Waals surface area contributed by atoms with Gasteiger partial charge in [-0.05, 0) is 37.5 Å². The van der Waals surface area contributed by atoms with Crippen LogP contribution in [-0.2, 0) is 10.0 Å². The Hall–Kier alpha value is -1.31. The van der Waals surface area contributed by atoms with Crippen molar-refractivity contribution in [2.24, 2.45) is 0 Å². The fourth-order valence-electron chi connectivity index (χ4n) is 2.56. The van der Waals surface area contributed by atoms with Crippen molar-refractivity contribution in [2.75, 3.05) is 12.8 Å². The van der Waals surface area contributed by atoms with Gasteiger partial charge in [0.05, 0.1) is 13.2 Å². The Balaban J connectivity index is 2.33. The van der Waals surface area contributed by atoms with Gasteiger partial charge in [0.25, 0.3) is 0 Å². The first-order chi connectivity index (χ1) is 9.85. The predicted octanol–water partition coefficient (Wildman–Crippen LogP) is 1.17. The lowest BCUT2D eigenvalue weighted by molar-refractivity contribution is 0.101. The van der Waals surface area contributed by atoms with Crippen molar-refractivity contribution in [3.63, 3.8) is 0 Å². The van der Waals surface area contributed by atoms with Crippen molar-refractivity contribution in [3.05, 3.63) is 17.7 Å². The van der Waals surface area contributed by atoms with E-state index in [-0.39, 0.29) is 10.6 Å². The van der Waals surface area contributed by atoms with E-state index in [2.05, 4.69) is 4.72 Å². The molecule has 1 saturated carbocycles. The van der Waals surface area contributed by atoms with Gasteiger partial charge in [-0.1, -0.05) is 12.8 Å². The predicted molar refractivity (Wildman–Crippen MR) is 80.7 cm³/mol. The monoisotopic (exact) mass is 314 g/mol. The molecule has 2 rings (SSSR count). The first-order valence-electron chi connectivity index (χ1n) is 6.99. The van der Waals surface area contributed by atoms with Crippen LogP contribution in [-0.4, -0.2) is 32.8 Å². The molecule has 1 aliphatic carbocycles. The van der Waals surface area contributed by atoms with Crippen LogP contribution in [0.2, 0.25) is 0 Å². The molecule has 0 spiro atoms. The number of aliphatic hydroxyl groups is 1. The van der Waals surface area contributed by atoms with Gasteiger partial charge in [0.2, 0.25) is 10.0 Å². The highest BCUT2D eigenvalue weighted by molar-refractivity contribution is 7.89. The van der Waals surface area contributed by atoms with Gasteiger partial charge in [-0.15, -0.1) is 0 Å². The zero-order valence-electron chi connectivity index (χ0n) is 12.3. The van der Waals surface area contributed by atoms with Crippen LogP contribution in [0.4, 0.5) is 5.69 Å². The third-order valence-electron chi connectivity index (χ3n) is 3.88. The molecule has 6 nitrogen and oxygen atoms in total. The number of nitrogen functional groups attached to an aromatic ring is 1. The van der Waals surface area contributed by atoms with Crippen molar-refractivity contribution in [1.82, 2.24) is 4.72 Å². The zero-order valence-corrected chi connectivity index (χ0v) is 13.1. The third kappa shape index (κ3) is 3.48. The molecular formula is C14H22N2O4S. The molecule has 118 valence electrons. The molecule has 4 N–H and O–H groups in total. The van der Waals surface area contributed by atoms with Gasteiger partial charge in [-0.25, -0.2) is 13.1 Å². The summed E-state index contributed by atoms with van der Waals surface area (Å²) >= 11 is 0. The summed E-state index contributed by atoms with van der Waals surface area (Å²) in [6.07, 6.45) is 2.41. The van der Waals surface area contributed by atoms with Gasteiger partial charge in [-0.3, -0.25) is 0 Å². The number of anilines is 1. The molecule has 1 aromatic carbocycles. The molecule has 2 atom stereocenters. The van der Waals surface area contributed by atoms with Crippen LogP contribution in [0.3, 0.4) is 0 Å². The summed E-state index contributed by atoms with van der Waals surface area (Å²) in [5.41, 5.74) is 6.95. The van der Waals surface area contributed by atoms with Crippen LogP contribution in [0.5, 0.6) is 5.75 Å². The van der Waals surface area contributed by atoms with E-state index in [1.54, 1.807) is 13.0 Å². The van der Waals surface area contributed by atoms with Crippen LogP contribution < -0.4 is 15.2 Å². The van der Waals surface area contributed by atoms with Gasteiger partial charge in [0.15, 0.2) is 0 Å². The summed E-state index contributed by atoms with van der Waals surface area (Å²) < 4.78 is 32.8. The Morgan fingerprint density at radius 2 is 2.00 bits per heavy atom. The Kier molecular flexibility index (Phi) is 4.75. The minimum atomic E-state index is -3.79. The summed E-state index contributed by atoms with van der Waals surface area (Å²) in [5, 5.41) is 9.92. The number of nitrogens with two attached hydrogens (primary N) is 1. The highest BCUT2D eigenvalue weighted by Crippen LogP contribution is 2.30. The number of hydrogen-bond acceptors (Lipinski definition) is 5. The molecule has 0 saturated heterocycles. The first-order valence-corrected chi connectivity index (χ1v) is 8.48. The minimum absolute atomic E-state index is 0.00544. The number of ether oxygens (including phenoxy) is 1. The molecule has 0 heterocycles. The molecule has 1 fully saturated rings. The number of hydrogen-bond donors (Lipinski definition) is 3. The number of aryl methyl sites for hydroxylation is 1. The molecule has 0 aliphatic heterocycles. The lowest BCUT2D eigenvalue weighted by Crippen LogP contribution is -2.45. The summed E-state index contributed by atoms with van der Waals surface area (Å²) in [6, 6.07) is 2.53. The van der Waals surface area contributed by atoms with Gasteiger partial charge in [-0.2, -0.15) is 0 Å². The van der Waals surface area contributed by atoms with Crippen LogP contribution >= 0.6 is 0 Å². The van der Waals surface area contributed by atoms with Gasteiger partial charge in [0, 0.05) is 11.7 Å². The molecule has 0 amide bonds. The Morgan fingerprint density at radius 1 is 1.33 bits per heavy atom. The van der Waals surface area contributed by atoms with Crippen molar-refractivity contribution >= 4 is 15.7 Å². The highest BCUT2D eigenvalue weighted by atomic mass is 32.2. The zero-order chi connectivity index (χ0) is 15.6. The van der Waals surface area contributed by atoms with E-state index < -0.39 is 22.2 Å². The number of nitrogens with one attached hydrogen (secondary N) is 1. The van der Waals surface area contributed by atoms with Gasteiger partial charge < -0.3 is 15.6 Å². The topological polar surface area (TPSA) is 102 Å². The number of benzene rings is 1. The fraction of sp³-hybridized carbons (Fsp3) is 0.571. The van der Waals surface area contributed by atoms with Crippen molar-refractivity contribution in [3.8, 4) is 5.75 Å². The molecule has 0 unspecified atom stereocenters. The maximum Gasteiger partial charge on any atom is 0.244 e. The van der Waals surface area contributed by atoms with Gasteiger partial charge >= 0.3 is 0 Å². The van der Waals surface area contributed by atoms with E-state index in [0.717, 1.165) is 18.4 Å². The van der Waals surface area contributed by atoms with E-state index in [1.165, 1.54) is 13.2 Å². The second-order valence-electron chi connectivity index (χ2n) is 5.44. The second-order valence-corrected chi connectivity index (χ2v) is 7.12. The summed E-state index contributed by atoms with van der Waals surface area (Å²) in [7, 11) is -2.37. The Bertz CT molecular complexity index is 616. The lowest BCUT2D eigenvalue weighted by Gasteiger charge is -2.28. The standard InChI is InChI=1S/C14H22N2O4S/c1-9-7-13(20-2)14(8-10(9)15)21(18,19)16-11-5-3-4-6-12(11)17/h7-8,11-12,16-17H,3-6,15H2,1-2H3/t11-,12-/m1/s1. The highest BCUT2D eigenvalue weighted by Gasteiger charge is 2.30. The lowest BCUT2D eigenvalue weighted by atomic mass is 9.93. The maximum absolute atomic E-state index is 12.5. The average Bonchev–Trinajstić information content (AvgIpc) is 2.43. The Labute approximate surface area is 125 Å². The Morgan fingerprint density at radius 3 is 2.62 bits per heavy atom. The number of rotatable bonds is 4. The third-order valence-corrected chi connectivity index (χ3v) is 5.39. The largest absolute Gasteiger partial charge is 0.495 e. The van der Waals surface area contributed by atoms with Crippen molar-refractivity contribution in [1.29, 1.82) is 0 Å². The SMILES string of the molecule is COc1cc(C)c(N)cc1S(=O)(=O)N[C@@H]1CCCC[C@H]1O.